The fourth-order valence-corrected chi connectivity index (χ4v) is 1.90. The summed E-state index contributed by atoms with van der Waals surface area (Å²) in [5, 5.41) is 0. The van der Waals surface area contributed by atoms with Crippen LogP contribution in [0.2, 0.25) is 0 Å². The number of pyridine rings is 2. The molecule has 0 bridgehead atoms. The first-order valence-corrected chi connectivity index (χ1v) is 9.22. The van der Waals surface area contributed by atoms with E-state index in [9.17, 15) is 0 Å². The molecule has 1 aliphatic rings. The zero-order valence-corrected chi connectivity index (χ0v) is 16.4. The van der Waals surface area contributed by atoms with Crippen molar-refractivity contribution in [3.8, 4) is 11.4 Å². The molecule has 0 N–H and O–H groups in total. The van der Waals surface area contributed by atoms with Crippen molar-refractivity contribution in [2.75, 3.05) is 0 Å². The number of hydrogen-bond donors (Lipinski definition) is 0. The van der Waals surface area contributed by atoms with E-state index < -0.39 is 0 Å². The summed E-state index contributed by atoms with van der Waals surface area (Å²) in [4.78, 5) is 13.4. The van der Waals surface area contributed by atoms with Gasteiger partial charge in [0.2, 0.25) is 0 Å². The molecule has 2 aromatic rings. The molecule has 25 heavy (non-hydrogen) atoms. The maximum atomic E-state index is 4.64. The Hall–Kier alpha value is -2.55. The van der Waals surface area contributed by atoms with Crippen LogP contribution in [0.15, 0.2) is 65.8 Å². The fraction of sp³-hybridized carbons (Fsp3) is 0.318. The molecule has 0 saturated heterocycles. The molecule has 0 fully saturated rings. The van der Waals surface area contributed by atoms with Gasteiger partial charge in [-0.3, -0.25) is 9.98 Å². The smallest absolute Gasteiger partial charge is 0.0894 e. The predicted molar refractivity (Wildman–Crippen MR) is 112 cm³/mol. The van der Waals surface area contributed by atoms with Crippen molar-refractivity contribution in [1.82, 2.24) is 9.97 Å². The second-order valence-corrected chi connectivity index (χ2v) is 4.15. The van der Waals surface area contributed by atoms with Crippen molar-refractivity contribution in [2.45, 2.75) is 48.0 Å². The Labute approximate surface area is 153 Å². The average Bonchev–Trinajstić information content (AvgIpc) is 3.03. The molecular formula is C22H31N3. The van der Waals surface area contributed by atoms with Crippen molar-refractivity contribution in [3.05, 3.63) is 66.5 Å². The van der Waals surface area contributed by atoms with Crippen LogP contribution in [0.4, 0.5) is 0 Å². The molecule has 0 amide bonds. The third-order valence-corrected chi connectivity index (χ3v) is 2.82. The maximum absolute atomic E-state index is 4.64. The molecule has 2 aromatic heterocycles. The van der Waals surface area contributed by atoms with E-state index in [-0.39, 0.29) is 0 Å². The van der Waals surface area contributed by atoms with E-state index in [4.69, 9.17) is 0 Å². The first-order valence-electron chi connectivity index (χ1n) is 9.22. The van der Waals surface area contributed by atoms with Crippen LogP contribution in [0.1, 0.15) is 53.7 Å². The number of aliphatic imine (C=N–C) groups is 1. The van der Waals surface area contributed by atoms with Crippen molar-refractivity contribution in [2.24, 2.45) is 4.99 Å². The van der Waals surface area contributed by atoms with Gasteiger partial charge in [-0.2, -0.15) is 0 Å². The Morgan fingerprint density at radius 2 is 1.44 bits per heavy atom. The van der Waals surface area contributed by atoms with Gasteiger partial charge < -0.3 is 0 Å². The molecule has 134 valence electrons. The molecule has 3 heterocycles. The molecule has 0 aromatic carbocycles. The van der Waals surface area contributed by atoms with E-state index in [1.54, 1.807) is 12.4 Å². The minimum absolute atomic E-state index is 0.867. The summed E-state index contributed by atoms with van der Waals surface area (Å²) < 4.78 is 0. The van der Waals surface area contributed by atoms with Gasteiger partial charge in [0, 0.05) is 12.4 Å². The Balaban J connectivity index is 0.000000871. The van der Waals surface area contributed by atoms with Gasteiger partial charge in [0.05, 0.1) is 22.8 Å². The molecule has 3 heteroatoms. The van der Waals surface area contributed by atoms with Crippen LogP contribution in [0.3, 0.4) is 0 Å². The van der Waals surface area contributed by atoms with Crippen LogP contribution in [-0.4, -0.2) is 16.2 Å². The molecular weight excluding hydrogens is 306 g/mol. The number of aromatic nitrogens is 2. The standard InChI is InChI=1S/C16H13N3.3C2H6/c1-2-7-13(17-11-4-1)15-9-6-10-16(19-15)14-8-3-5-12-18-14;3*1-2/h1,3-12H,2H2;3*1-2H3. The highest BCUT2D eigenvalue weighted by atomic mass is 14.8. The minimum Gasteiger partial charge on any atom is -0.255 e. The summed E-state index contributed by atoms with van der Waals surface area (Å²) in [6, 6.07) is 11.7. The Morgan fingerprint density at radius 3 is 2.12 bits per heavy atom. The summed E-state index contributed by atoms with van der Waals surface area (Å²) in [5.41, 5.74) is 3.53. The zero-order valence-electron chi connectivity index (χ0n) is 16.4. The van der Waals surface area contributed by atoms with Gasteiger partial charge in [0.25, 0.3) is 0 Å². The Kier molecular flexibility index (Phi) is 13.5. The fourth-order valence-electron chi connectivity index (χ4n) is 1.90. The second-order valence-electron chi connectivity index (χ2n) is 4.15. The van der Waals surface area contributed by atoms with Crippen molar-refractivity contribution < 1.29 is 0 Å². The number of hydrogen-bond acceptors (Lipinski definition) is 3. The number of rotatable bonds is 2. The highest BCUT2D eigenvalue weighted by molar-refractivity contribution is 5.80. The minimum atomic E-state index is 0.867. The summed E-state index contributed by atoms with van der Waals surface area (Å²) >= 11 is 0. The summed E-state index contributed by atoms with van der Waals surface area (Å²) in [5.74, 6) is 0. The van der Waals surface area contributed by atoms with E-state index in [1.807, 2.05) is 84.0 Å². The highest BCUT2D eigenvalue weighted by Gasteiger charge is 2.05. The largest absolute Gasteiger partial charge is 0.255 e. The normalized spacial score (nSPS) is 11.4. The van der Waals surface area contributed by atoms with Crippen LogP contribution in [0.5, 0.6) is 0 Å². The Bertz CT molecular complexity index is 656. The molecule has 0 atom stereocenters. The lowest BCUT2D eigenvalue weighted by molar-refractivity contribution is 1.21. The maximum Gasteiger partial charge on any atom is 0.0894 e. The van der Waals surface area contributed by atoms with E-state index in [0.717, 1.165) is 29.2 Å². The first-order chi connectivity index (χ1) is 12.4. The van der Waals surface area contributed by atoms with E-state index in [0.29, 0.717) is 0 Å². The van der Waals surface area contributed by atoms with Crippen LogP contribution in [0.25, 0.3) is 17.1 Å². The average molecular weight is 338 g/mol. The lowest BCUT2D eigenvalue weighted by atomic mass is 10.2. The molecule has 0 unspecified atom stereocenters. The summed E-state index contributed by atoms with van der Waals surface area (Å²) in [6.07, 6.45) is 10.5. The van der Waals surface area contributed by atoms with E-state index in [2.05, 4.69) is 27.1 Å². The van der Waals surface area contributed by atoms with Crippen LogP contribution in [0, 0.1) is 0 Å². The molecule has 0 spiro atoms. The first kappa shape index (κ1) is 22.4. The molecule has 0 radical (unpaired) electrons. The molecule has 0 saturated carbocycles. The van der Waals surface area contributed by atoms with Gasteiger partial charge in [0.15, 0.2) is 0 Å². The predicted octanol–water partition coefficient (Wildman–Crippen LogP) is 6.59. The lowest BCUT2D eigenvalue weighted by Crippen LogP contribution is -1.92. The zero-order chi connectivity index (χ0) is 18.9. The van der Waals surface area contributed by atoms with Crippen molar-refractivity contribution >= 4 is 11.9 Å². The second kappa shape index (κ2) is 15.0. The van der Waals surface area contributed by atoms with E-state index in [1.165, 1.54) is 0 Å². The molecule has 1 aliphatic heterocycles. The van der Waals surface area contributed by atoms with Crippen LogP contribution >= 0.6 is 0 Å². The number of nitrogens with zero attached hydrogens (tertiary/aromatic N) is 3. The molecule has 3 nitrogen and oxygen atoms in total. The third-order valence-electron chi connectivity index (χ3n) is 2.82. The molecule has 3 rings (SSSR count). The third kappa shape index (κ3) is 7.71. The number of allylic oxidation sites excluding steroid dienone is 3. The van der Waals surface area contributed by atoms with Gasteiger partial charge in [-0.1, -0.05) is 65.8 Å². The quantitative estimate of drug-likeness (QED) is 0.619. The van der Waals surface area contributed by atoms with Gasteiger partial charge in [-0.05, 0) is 36.8 Å². The van der Waals surface area contributed by atoms with Crippen LogP contribution < -0.4 is 0 Å². The van der Waals surface area contributed by atoms with Gasteiger partial charge in [0.1, 0.15) is 0 Å². The van der Waals surface area contributed by atoms with Gasteiger partial charge >= 0.3 is 0 Å². The summed E-state index contributed by atoms with van der Waals surface area (Å²) in [6.45, 7) is 12.0. The van der Waals surface area contributed by atoms with Crippen molar-refractivity contribution in [3.63, 3.8) is 0 Å². The van der Waals surface area contributed by atoms with Crippen LogP contribution in [-0.2, 0) is 0 Å². The Morgan fingerprint density at radius 1 is 0.760 bits per heavy atom. The lowest BCUT2D eigenvalue weighted by Gasteiger charge is -2.04. The molecule has 0 aliphatic carbocycles. The summed E-state index contributed by atoms with van der Waals surface area (Å²) in [7, 11) is 0. The SMILES string of the molecule is C1=CCC=C(c2cccc(-c3ccccn3)n2)N=C1.CC.CC.CC. The topological polar surface area (TPSA) is 38.1 Å². The van der Waals surface area contributed by atoms with E-state index >= 15 is 0 Å². The monoisotopic (exact) mass is 337 g/mol. The van der Waals surface area contributed by atoms with Gasteiger partial charge in [-0.15, -0.1) is 0 Å². The van der Waals surface area contributed by atoms with Crippen molar-refractivity contribution in [1.29, 1.82) is 0 Å². The van der Waals surface area contributed by atoms with Gasteiger partial charge in [-0.25, -0.2) is 4.98 Å². The highest BCUT2D eigenvalue weighted by Crippen LogP contribution is 2.20.